The van der Waals surface area contributed by atoms with Gasteiger partial charge in [0.1, 0.15) is 0 Å². The van der Waals surface area contributed by atoms with Gasteiger partial charge in [-0.1, -0.05) is 0 Å². The number of hydrogen-bond donors (Lipinski definition) is 0. The predicted molar refractivity (Wildman–Crippen MR) is 170 cm³/mol. The monoisotopic (exact) mass is 639 g/mol. The molecule has 0 saturated heterocycles. The fraction of sp³-hybridized carbons (Fsp3) is 0.263. The Morgan fingerprint density at radius 3 is 1.81 bits per heavy atom. The fourth-order valence-corrected chi connectivity index (χ4v) is 13.9. The summed E-state index contributed by atoms with van der Waals surface area (Å²) in [4.78, 5) is 0. The zero-order valence-corrected chi connectivity index (χ0v) is 29.4. The number of fused-ring (bicyclic) bond motifs is 5. The molecule has 0 fully saturated rings. The van der Waals surface area contributed by atoms with Gasteiger partial charge in [0.25, 0.3) is 0 Å². The van der Waals surface area contributed by atoms with Crippen LogP contribution < -0.4 is 45.6 Å². The second kappa shape index (κ2) is 10.8. The van der Waals surface area contributed by atoms with Crippen LogP contribution in [-0.4, -0.2) is 8.07 Å². The van der Waals surface area contributed by atoms with E-state index in [-0.39, 0.29) is 35.6 Å². The minimum Gasteiger partial charge on any atom is -1.00 e. The van der Waals surface area contributed by atoms with Crippen molar-refractivity contribution in [1.29, 1.82) is 0 Å². The molecule has 0 bridgehead atoms. The first kappa shape index (κ1) is 31.3. The first-order valence-corrected chi connectivity index (χ1v) is 17.5. The Hall–Kier alpha value is -2.13. The summed E-state index contributed by atoms with van der Waals surface area (Å²) < 4.78 is 0.369. The van der Waals surface area contributed by atoms with E-state index in [1.54, 1.807) is 32.6 Å². The fourth-order valence-electron chi connectivity index (χ4n) is 7.48. The molecular weight excluding hydrogens is 603 g/mol. The summed E-state index contributed by atoms with van der Waals surface area (Å²) in [6.07, 6.45) is 8.02. The molecule has 1 heterocycles. The van der Waals surface area contributed by atoms with E-state index in [2.05, 4.69) is 159 Å². The van der Waals surface area contributed by atoms with Crippen molar-refractivity contribution in [2.75, 3.05) is 0 Å². The molecule has 1 atom stereocenters. The molecule has 1 aliphatic heterocycles. The van der Waals surface area contributed by atoms with E-state index in [0.29, 0.717) is 4.22 Å². The molecule has 0 saturated carbocycles. The van der Waals surface area contributed by atoms with E-state index < -0.39 is 8.07 Å². The van der Waals surface area contributed by atoms with Crippen molar-refractivity contribution >= 4 is 34.4 Å². The third kappa shape index (κ3) is 4.42. The Kier molecular flexibility index (Phi) is 8.04. The van der Waals surface area contributed by atoms with Gasteiger partial charge in [-0.05, 0) is 0 Å². The molecule has 0 amide bonds. The summed E-state index contributed by atoms with van der Waals surface area (Å²) in [5.74, 6) is 0. The molecule has 0 aromatic heterocycles. The van der Waals surface area contributed by atoms with Gasteiger partial charge in [0.2, 0.25) is 0 Å². The van der Waals surface area contributed by atoms with E-state index >= 15 is 0 Å². The van der Waals surface area contributed by atoms with Crippen molar-refractivity contribution in [3.8, 4) is 11.1 Å². The molecule has 1 unspecified atom stereocenters. The molecular formula is C38H37Cl2SiTi. The van der Waals surface area contributed by atoms with Gasteiger partial charge in [-0.3, -0.25) is 0 Å². The molecule has 2 aliphatic carbocycles. The molecule has 4 aromatic carbocycles. The molecule has 4 heteroatoms. The minimum atomic E-state index is -2.33. The van der Waals surface area contributed by atoms with Crippen LogP contribution in [0.2, 0.25) is 0 Å². The van der Waals surface area contributed by atoms with Gasteiger partial charge < -0.3 is 24.8 Å². The average Bonchev–Trinajstić information content (AvgIpc) is 3.20. The van der Waals surface area contributed by atoms with Crippen LogP contribution in [-0.2, 0) is 31.3 Å². The molecule has 4 aromatic rings. The normalized spacial score (nSPS) is 17.4. The van der Waals surface area contributed by atoms with Gasteiger partial charge in [0.15, 0.2) is 0 Å². The number of rotatable bonds is 3. The van der Waals surface area contributed by atoms with E-state index in [0.717, 1.165) is 6.42 Å². The number of allylic oxidation sites excluding steroid dienone is 4. The number of halogens is 2. The number of benzene rings is 4. The maximum Gasteiger partial charge on any atom is -1.00 e. The summed E-state index contributed by atoms with van der Waals surface area (Å²) in [7, 11) is -2.33. The van der Waals surface area contributed by atoms with Crippen LogP contribution in [0.25, 0.3) is 16.7 Å². The Morgan fingerprint density at radius 2 is 1.31 bits per heavy atom. The molecule has 0 N–H and O–H groups in total. The van der Waals surface area contributed by atoms with E-state index in [9.17, 15) is 0 Å². The third-order valence-electron chi connectivity index (χ3n) is 9.27. The minimum absolute atomic E-state index is 0. The van der Waals surface area contributed by atoms with Gasteiger partial charge in [-0.2, -0.15) is 0 Å². The van der Waals surface area contributed by atoms with Crippen molar-refractivity contribution in [3.05, 3.63) is 125 Å². The van der Waals surface area contributed by atoms with Gasteiger partial charge in [0, 0.05) is 0 Å². The second-order valence-electron chi connectivity index (χ2n) is 13.8. The van der Waals surface area contributed by atoms with E-state index in [1.165, 1.54) is 32.6 Å². The molecule has 0 nitrogen and oxygen atoms in total. The first-order chi connectivity index (χ1) is 19.1. The van der Waals surface area contributed by atoms with Crippen molar-refractivity contribution in [2.45, 2.75) is 63.0 Å². The molecule has 0 spiro atoms. The van der Waals surface area contributed by atoms with Crippen LogP contribution in [0.15, 0.2) is 97.1 Å². The van der Waals surface area contributed by atoms with Crippen molar-refractivity contribution in [2.24, 2.45) is 0 Å². The zero-order valence-electron chi connectivity index (χ0n) is 25.3. The SMILES string of the molecule is CC(C)(C)c1ccc2c(c1)[CH]([Ti+2])c1c(C3=CC=CC3)c(C(C)(C)C)c3c(c1-2)[Si]3(c1ccccc1)c1ccccc1.[Cl-].[Cl-]. The maximum atomic E-state index is 2.53. The van der Waals surface area contributed by atoms with Crippen LogP contribution in [0.3, 0.4) is 0 Å². The molecule has 0 radical (unpaired) electrons. The quantitative estimate of drug-likeness (QED) is 0.258. The maximum absolute atomic E-state index is 2.53. The van der Waals surface area contributed by atoms with Crippen LogP contribution in [0, 0.1) is 0 Å². The topological polar surface area (TPSA) is 0 Å². The summed E-state index contributed by atoms with van der Waals surface area (Å²) in [6.45, 7) is 14.3. The van der Waals surface area contributed by atoms with E-state index in [4.69, 9.17) is 0 Å². The molecule has 42 heavy (non-hydrogen) atoms. The third-order valence-corrected chi connectivity index (χ3v) is 14.9. The van der Waals surface area contributed by atoms with Crippen LogP contribution >= 0.6 is 0 Å². The van der Waals surface area contributed by atoms with Crippen LogP contribution in [0.5, 0.6) is 0 Å². The Bertz CT molecular complexity index is 1700. The van der Waals surface area contributed by atoms with Crippen molar-refractivity contribution in [3.63, 3.8) is 0 Å². The summed E-state index contributed by atoms with van der Waals surface area (Å²) >= 11 is 2.47. The smallest absolute Gasteiger partial charge is 1.00 e. The zero-order chi connectivity index (χ0) is 28.0. The largest absolute Gasteiger partial charge is 1.00 e. The van der Waals surface area contributed by atoms with Gasteiger partial charge in [-0.25, -0.2) is 0 Å². The first-order valence-electron chi connectivity index (χ1n) is 14.6. The molecule has 3 aliphatic rings. The van der Waals surface area contributed by atoms with Gasteiger partial charge in [-0.15, -0.1) is 0 Å². The Balaban J connectivity index is 0.00000176. The van der Waals surface area contributed by atoms with Crippen LogP contribution in [0.1, 0.15) is 80.0 Å². The van der Waals surface area contributed by atoms with Crippen molar-refractivity contribution in [1.82, 2.24) is 0 Å². The summed E-state index contributed by atoms with van der Waals surface area (Å²) in [5, 5.41) is 6.40. The van der Waals surface area contributed by atoms with Crippen LogP contribution in [0.4, 0.5) is 0 Å². The number of hydrogen-bond acceptors (Lipinski definition) is 0. The molecule has 7 rings (SSSR count). The Labute approximate surface area is 277 Å². The predicted octanol–water partition coefficient (Wildman–Crippen LogP) is 0.940. The standard InChI is InChI=1S/C38H37Si.2ClH.Ti/c1-37(2,3)27-21-22-30-26(23-27)24-31-32(25-15-13-14-16-25)34(38(4,5)6)36-35(33(30)31)39(36,28-17-9-7-10-18-28)29-19-11-8-12-20-29;;;/h7-15,17-24H,16H2,1-6H3;2*1H;/q;;;+2/p-2. The van der Waals surface area contributed by atoms with Crippen molar-refractivity contribution < 1.29 is 45.2 Å². The Morgan fingerprint density at radius 1 is 0.714 bits per heavy atom. The second-order valence-corrected chi connectivity index (χ2v) is 18.4. The summed E-state index contributed by atoms with van der Waals surface area (Å²) in [5.41, 5.74) is 12.4. The molecule has 211 valence electrons. The summed E-state index contributed by atoms with van der Waals surface area (Å²) in [6, 6.07) is 30.4. The van der Waals surface area contributed by atoms with E-state index in [1.807, 2.05) is 0 Å². The van der Waals surface area contributed by atoms with Gasteiger partial charge in [0.05, 0.1) is 0 Å². The average molecular weight is 641 g/mol. The van der Waals surface area contributed by atoms with Gasteiger partial charge >= 0.3 is 254 Å².